The predicted molar refractivity (Wildman–Crippen MR) is 62.4 cm³/mol. The van der Waals surface area contributed by atoms with E-state index in [-0.39, 0.29) is 6.04 Å². The lowest BCUT2D eigenvalue weighted by Crippen LogP contribution is -2.29. The zero-order chi connectivity index (χ0) is 11.5. The van der Waals surface area contributed by atoms with Gasteiger partial charge < -0.3 is 10.4 Å². The van der Waals surface area contributed by atoms with Gasteiger partial charge >= 0.3 is 5.97 Å². The molecule has 1 fully saturated rings. The molecule has 1 aromatic rings. The molecule has 16 heavy (non-hydrogen) atoms. The Hall–Kier alpha value is -1.35. The first-order valence-electron chi connectivity index (χ1n) is 5.67. The number of carbonyl (C=O) groups is 1. The molecule has 0 aromatic heterocycles. The number of aryl methyl sites for hydroxylation is 1. The molecule has 0 amide bonds. The first-order chi connectivity index (χ1) is 7.65. The Labute approximate surface area is 95.5 Å². The minimum absolute atomic E-state index is 0.351. The lowest BCUT2D eigenvalue weighted by molar-refractivity contribution is -0.139. The van der Waals surface area contributed by atoms with E-state index in [1.807, 2.05) is 0 Å². The third-order valence-electron chi connectivity index (χ3n) is 3.17. The summed E-state index contributed by atoms with van der Waals surface area (Å²) in [6, 6.07) is 8.11. The van der Waals surface area contributed by atoms with Crippen LogP contribution in [-0.4, -0.2) is 23.7 Å². The number of aliphatic carboxylic acids is 1. The van der Waals surface area contributed by atoms with Crippen molar-refractivity contribution in [1.29, 1.82) is 0 Å². The highest BCUT2D eigenvalue weighted by Gasteiger charge is 2.28. The molecule has 2 unspecified atom stereocenters. The monoisotopic (exact) mass is 219 g/mol. The highest BCUT2D eigenvalue weighted by molar-refractivity contribution is 5.73. The minimum atomic E-state index is -0.730. The number of hydrogen-bond acceptors (Lipinski definition) is 2. The molecule has 1 saturated heterocycles. The summed E-state index contributed by atoms with van der Waals surface area (Å²) in [7, 11) is 0. The van der Waals surface area contributed by atoms with Crippen LogP contribution >= 0.6 is 0 Å². The molecular formula is C13H17NO2. The quantitative estimate of drug-likeness (QED) is 0.811. The van der Waals surface area contributed by atoms with E-state index in [9.17, 15) is 4.79 Å². The first-order valence-corrected chi connectivity index (χ1v) is 5.67. The summed E-state index contributed by atoms with van der Waals surface area (Å²) in [5.41, 5.74) is 2.56. The number of hydrogen-bond donors (Lipinski definition) is 2. The van der Waals surface area contributed by atoms with Gasteiger partial charge in [0.15, 0.2) is 0 Å². The van der Waals surface area contributed by atoms with Crippen molar-refractivity contribution in [2.75, 3.05) is 6.54 Å². The molecule has 1 heterocycles. The van der Waals surface area contributed by atoms with Crippen LogP contribution < -0.4 is 5.32 Å². The topological polar surface area (TPSA) is 49.3 Å². The predicted octanol–water partition coefficient (Wildman–Crippen LogP) is 1.60. The van der Waals surface area contributed by atoms with Gasteiger partial charge in [-0.05, 0) is 37.8 Å². The molecule has 2 atom stereocenters. The van der Waals surface area contributed by atoms with Gasteiger partial charge in [0.2, 0.25) is 0 Å². The lowest BCUT2D eigenvalue weighted by Gasteiger charge is -2.08. The second kappa shape index (κ2) is 4.66. The summed E-state index contributed by atoms with van der Waals surface area (Å²) < 4.78 is 0. The van der Waals surface area contributed by atoms with E-state index in [4.69, 9.17) is 5.11 Å². The number of nitrogens with one attached hydrogen (secondary N) is 1. The minimum Gasteiger partial charge on any atom is -0.480 e. The molecule has 86 valence electrons. The van der Waals surface area contributed by atoms with Gasteiger partial charge in [0.05, 0.1) is 0 Å². The number of rotatable bonds is 3. The van der Waals surface area contributed by atoms with Crippen LogP contribution in [0.15, 0.2) is 24.3 Å². The van der Waals surface area contributed by atoms with Crippen molar-refractivity contribution < 1.29 is 9.90 Å². The maximum atomic E-state index is 10.8. The second-order valence-electron chi connectivity index (χ2n) is 4.59. The van der Waals surface area contributed by atoms with E-state index in [1.54, 1.807) is 0 Å². The lowest BCUT2D eigenvalue weighted by atomic mass is 9.96. The van der Waals surface area contributed by atoms with E-state index in [1.165, 1.54) is 11.1 Å². The molecule has 0 saturated carbocycles. The summed E-state index contributed by atoms with van der Waals surface area (Å²) in [6.07, 6.45) is 1.71. The maximum absolute atomic E-state index is 10.8. The summed E-state index contributed by atoms with van der Waals surface area (Å²) in [5, 5.41) is 11.9. The molecule has 0 spiro atoms. The summed E-state index contributed by atoms with van der Waals surface area (Å²) in [5.74, 6) is -0.282. The maximum Gasteiger partial charge on any atom is 0.320 e. The van der Waals surface area contributed by atoms with Crippen LogP contribution in [0.1, 0.15) is 17.5 Å². The SMILES string of the molecule is Cc1ccc(CC2CNC(C(=O)O)C2)cc1. The standard InChI is InChI=1S/C13H17NO2/c1-9-2-4-10(5-3-9)6-11-7-12(13(15)16)14-8-11/h2-5,11-12,14H,6-8H2,1H3,(H,15,16). The molecule has 0 bridgehead atoms. The van der Waals surface area contributed by atoms with Crippen molar-refractivity contribution in [1.82, 2.24) is 5.32 Å². The van der Waals surface area contributed by atoms with E-state index < -0.39 is 5.97 Å². The zero-order valence-corrected chi connectivity index (χ0v) is 9.44. The highest BCUT2D eigenvalue weighted by Crippen LogP contribution is 2.19. The Morgan fingerprint density at radius 1 is 1.44 bits per heavy atom. The first kappa shape index (κ1) is 11.1. The van der Waals surface area contributed by atoms with Gasteiger partial charge in [0.25, 0.3) is 0 Å². The van der Waals surface area contributed by atoms with Crippen molar-refractivity contribution >= 4 is 5.97 Å². The summed E-state index contributed by atoms with van der Waals surface area (Å²) in [6.45, 7) is 2.88. The van der Waals surface area contributed by atoms with Gasteiger partial charge in [-0.15, -0.1) is 0 Å². The highest BCUT2D eigenvalue weighted by atomic mass is 16.4. The van der Waals surface area contributed by atoms with E-state index in [0.29, 0.717) is 5.92 Å². The average Bonchev–Trinajstić information content (AvgIpc) is 2.70. The number of benzene rings is 1. The average molecular weight is 219 g/mol. The third kappa shape index (κ3) is 2.61. The van der Waals surface area contributed by atoms with E-state index in [2.05, 4.69) is 36.5 Å². The van der Waals surface area contributed by atoms with Crippen molar-refractivity contribution in [3.05, 3.63) is 35.4 Å². The van der Waals surface area contributed by atoms with E-state index in [0.717, 1.165) is 19.4 Å². The number of carboxylic acids is 1. The van der Waals surface area contributed by atoms with Gasteiger partial charge in [-0.1, -0.05) is 29.8 Å². The summed E-state index contributed by atoms with van der Waals surface area (Å²) in [4.78, 5) is 10.8. The Balaban J connectivity index is 1.92. The third-order valence-corrected chi connectivity index (χ3v) is 3.17. The fourth-order valence-corrected chi connectivity index (χ4v) is 2.21. The van der Waals surface area contributed by atoms with Gasteiger partial charge in [-0.3, -0.25) is 4.79 Å². The molecule has 0 radical (unpaired) electrons. The molecule has 1 aliphatic heterocycles. The van der Waals surface area contributed by atoms with Gasteiger partial charge in [-0.2, -0.15) is 0 Å². The van der Waals surface area contributed by atoms with Crippen molar-refractivity contribution in [2.24, 2.45) is 5.92 Å². The van der Waals surface area contributed by atoms with Crippen molar-refractivity contribution in [2.45, 2.75) is 25.8 Å². The normalized spacial score (nSPS) is 24.6. The molecule has 2 rings (SSSR count). The molecule has 1 aromatic carbocycles. The number of carboxylic acid groups (broad SMARTS) is 1. The molecular weight excluding hydrogens is 202 g/mol. The fourth-order valence-electron chi connectivity index (χ4n) is 2.21. The second-order valence-corrected chi connectivity index (χ2v) is 4.59. The Morgan fingerprint density at radius 3 is 2.69 bits per heavy atom. The summed E-state index contributed by atoms with van der Waals surface area (Å²) >= 11 is 0. The molecule has 3 heteroatoms. The Bertz CT molecular complexity index is 372. The van der Waals surface area contributed by atoms with Crippen LogP contribution in [0.3, 0.4) is 0 Å². The molecule has 0 aliphatic carbocycles. The largest absolute Gasteiger partial charge is 0.480 e. The van der Waals surface area contributed by atoms with Crippen molar-refractivity contribution in [3.63, 3.8) is 0 Å². The van der Waals surface area contributed by atoms with Crippen LogP contribution in [0.25, 0.3) is 0 Å². The fraction of sp³-hybridized carbons (Fsp3) is 0.462. The van der Waals surface area contributed by atoms with Crippen molar-refractivity contribution in [3.8, 4) is 0 Å². The van der Waals surface area contributed by atoms with E-state index >= 15 is 0 Å². The Morgan fingerprint density at radius 2 is 2.12 bits per heavy atom. The van der Waals surface area contributed by atoms with Crippen LogP contribution in [0.2, 0.25) is 0 Å². The van der Waals surface area contributed by atoms with Crippen LogP contribution in [0.4, 0.5) is 0 Å². The van der Waals surface area contributed by atoms with Crippen LogP contribution in [-0.2, 0) is 11.2 Å². The molecule has 1 aliphatic rings. The van der Waals surface area contributed by atoms with Gasteiger partial charge in [0.1, 0.15) is 6.04 Å². The molecule has 3 nitrogen and oxygen atoms in total. The van der Waals surface area contributed by atoms with Crippen LogP contribution in [0.5, 0.6) is 0 Å². The van der Waals surface area contributed by atoms with Crippen LogP contribution in [0, 0.1) is 12.8 Å². The smallest absolute Gasteiger partial charge is 0.320 e. The van der Waals surface area contributed by atoms with Gasteiger partial charge in [-0.25, -0.2) is 0 Å². The Kier molecular flexibility index (Phi) is 3.25. The molecule has 2 N–H and O–H groups in total. The van der Waals surface area contributed by atoms with Gasteiger partial charge in [0, 0.05) is 0 Å². The zero-order valence-electron chi connectivity index (χ0n) is 9.44.